The average molecular weight is 581 g/mol. The van der Waals surface area contributed by atoms with E-state index in [1.54, 1.807) is 0 Å². The van der Waals surface area contributed by atoms with Crippen LogP contribution in [0.3, 0.4) is 0 Å². The Morgan fingerprint density at radius 1 is 0.524 bits per heavy atom. The normalized spacial score (nSPS) is 14.5. The predicted molar refractivity (Wildman–Crippen MR) is 182 cm³/mol. The summed E-state index contributed by atoms with van der Waals surface area (Å²) in [6.07, 6.45) is 3.89. The first kappa shape index (κ1) is 32.1. The fourth-order valence-electron chi connectivity index (χ4n) is 5.05. The van der Waals surface area contributed by atoms with Gasteiger partial charge >= 0.3 is 14.8 Å². The van der Waals surface area contributed by atoms with Crippen molar-refractivity contribution in [2.45, 2.75) is 111 Å². The minimum absolute atomic E-state index is 0.0307. The summed E-state index contributed by atoms with van der Waals surface area (Å²) >= 11 is -2.25. The highest BCUT2D eigenvalue weighted by molar-refractivity contribution is 6.44. The molecule has 0 radical (unpaired) electrons. The van der Waals surface area contributed by atoms with Gasteiger partial charge in [-0.3, -0.25) is 9.98 Å². The van der Waals surface area contributed by atoms with Gasteiger partial charge < -0.3 is 7.58 Å². The van der Waals surface area contributed by atoms with Gasteiger partial charge in [0, 0.05) is 23.6 Å². The lowest BCUT2D eigenvalue weighted by molar-refractivity contribution is 0.409. The molecule has 0 spiro atoms. The van der Waals surface area contributed by atoms with Crippen LogP contribution in [0.5, 0.6) is 11.5 Å². The molecule has 5 heteroatoms. The molecule has 0 aliphatic carbocycles. The molecule has 0 N–H and O–H groups in total. The van der Waals surface area contributed by atoms with Crippen LogP contribution in [-0.2, 0) is 21.7 Å². The molecule has 0 saturated heterocycles. The Balaban J connectivity index is 2.05. The van der Waals surface area contributed by atoms with Gasteiger partial charge in [0.1, 0.15) is 0 Å². The molecule has 0 aromatic heterocycles. The maximum absolute atomic E-state index is 6.93. The van der Waals surface area contributed by atoms with Crippen molar-refractivity contribution in [1.82, 2.24) is 0 Å². The van der Waals surface area contributed by atoms with Gasteiger partial charge in [0.2, 0.25) is 0 Å². The number of hydrogen-bond acceptors (Lipinski definition) is 4. The average Bonchev–Trinajstić information content (AvgIpc) is 2.85. The number of aliphatic imine (C=N–C) groups is 2. The van der Waals surface area contributed by atoms with E-state index in [2.05, 4.69) is 113 Å². The Morgan fingerprint density at radius 2 is 0.881 bits per heavy atom. The first-order valence-electron chi connectivity index (χ1n) is 15.1. The van der Waals surface area contributed by atoms with Gasteiger partial charge in [-0.2, -0.15) is 0 Å². The molecular formula is C37H49AlN2O2. The lowest BCUT2D eigenvalue weighted by Crippen LogP contribution is -2.31. The summed E-state index contributed by atoms with van der Waals surface area (Å²) in [6, 6.07) is 17.1. The molecule has 3 aromatic carbocycles. The van der Waals surface area contributed by atoms with Gasteiger partial charge in [0.05, 0.1) is 22.9 Å². The summed E-state index contributed by atoms with van der Waals surface area (Å²) in [6.45, 7) is 27.0. The molecule has 0 atom stereocenters. The first-order chi connectivity index (χ1) is 19.2. The molecule has 0 fully saturated rings. The monoisotopic (exact) mass is 580 g/mol. The summed E-state index contributed by atoms with van der Waals surface area (Å²) in [4.78, 5) is 9.98. The molecule has 222 valence electrons. The van der Waals surface area contributed by atoms with Gasteiger partial charge in [-0.1, -0.05) is 107 Å². The van der Waals surface area contributed by atoms with Gasteiger partial charge in [-0.05, 0) is 74.0 Å². The number of hydrogen-bond donors (Lipinski definition) is 0. The van der Waals surface area contributed by atoms with Gasteiger partial charge in [-0.25, -0.2) is 0 Å². The highest BCUT2D eigenvalue weighted by Crippen LogP contribution is 2.41. The zero-order valence-electron chi connectivity index (χ0n) is 28.1. The Morgan fingerprint density at radius 3 is 1.19 bits per heavy atom. The third-order valence-corrected chi connectivity index (χ3v) is 8.85. The molecule has 1 aliphatic heterocycles. The van der Waals surface area contributed by atoms with E-state index < -0.39 is 14.8 Å². The van der Waals surface area contributed by atoms with Crippen LogP contribution in [0.15, 0.2) is 58.5 Å². The van der Waals surface area contributed by atoms with Crippen molar-refractivity contribution in [2.24, 2.45) is 9.98 Å². The fourth-order valence-corrected chi connectivity index (χ4v) is 6.29. The van der Waals surface area contributed by atoms with Crippen molar-refractivity contribution in [2.75, 3.05) is 0 Å². The molecule has 0 amide bonds. The van der Waals surface area contributed by atoms with Crippen molar-refractivity contribution in [3.8, 4) is 11.5 Å². The number of benzene rings is 3. The smallest absolute Gasteiger partial charge is 0.611 e. The highest BCUT2D eigenvalue weighted by Gasteiger charge is 2.34. The van der Waals surface area contributed by atoms with Crippen LogP contribution in [0.2, 0.25) is 5.79 Å². The van der Waals surface area contributed by atoms with E-state index in [9.17, 15) is 0 Å². The maximum Gasteiger partial charge on any atom is 0.853 e. The van der Waals surface area contributed by atoms with Crippen molar-refractivity contribution < 1.29 is 7.58 Å². The lowest BCUT2D eigenvalue weighted by atomic mass is 9.79. The van der Waals surface area contributed by atoms with Crippen LogP contribution in [0.1, 0.15) is 116 Å². The highest BCUT2D eigenvalue weighted by atomic mass is 27.2. The molecule has 0 unspecified atom stereocenters. The molecule has 0 saturated carbocycles. The van der Waals surface area contributed by atoms with Crippen LogP contribution in [0, 0.1) is 0 Å². The number of para-hydroxylation sites is 2. The summed E-state index contributed by atoms with van der Waals surface area (Å²) < 4.78 is 13.9. The fraction of sp³-hybridized carbons (Fsp3) is 0.459. The molecule has 4 rings (SSSR count). The van der Waals surface area contributed by atoms with E-state index in [4.69, 9.17) is 17.6 Å². The van der Waals surface area contributed by atoms with E-state index in [1.165, 1.54) is 11.1 Å². The Labute approximate surface area is 259 Å². The van der Waals surface area contributed by atoms with E-state index in [-0.39, 0.29) is 21.7 Å². The van der Waals surface area contributed by atoms with Crippen LogP contribution < -0.4 is 7.58 Å². The minimum Gasteiger partial charge on any atom is -0.611 e. The van der Waals surface area contributed by atoms with Gasteiger partial charge in [-0.15, -0.1) is 0 Å². The van der Waals surface area contributed by atoms with E-state index in [1.807, 2.05) is 36.7 Å². The van der Waals surface area contributed by atoms with Crippen molar-refractivity contribution in [1.29, 1.82) is 0 Å². The standard InChI is InChI=1S/C36H48N2O2.CH3.Al/c1-33(2,3)25-17-23(31(39)27(19-25)35(7,8)9)21-37-29-15-13-14-16-30(29)38-22-24-18-26(34(4,5)6)20-28(32(24)40)36(10,11)12;;/h13-22,39-40H,1-12H3;1H3;/q;;+2/p-2. The third-order valence-electron chi connectivity index (χ3n) is 7.72. The van der Waals surface area contributed by atoms with Crippen molar-refractivity contribution in [3.05, 3.63) is 81.9 Å². The SMILES string of the molecule is [CH3][Al]1[O]c2c(cc(C(C)(C)C)cc2C(C)(C)C)C=Nc2ccccc2N=Cc2cc(C(C)(C)C)cc(C(C)(C)C)c2[O]1. The minimum atomic E-state index is -2.25. The van der Waals surface area contributed by atoms with Gasteiger partial charge in [0.15, 0.2) is 0 Å². The second-order valence-corrected chi connectivity index (χ2v) is 17.3. The molecule has 3 aromatic rings. The van der Waals surface area contributed by atoms with Crippen LogP contribution in [0.25, 0.3) is 0 Å². The van der Waals surface area contributed by atoms with Crippen molar-refractivity contribution in [3.63, 3.8) is 0 Å². The first-order valence-corrected chi connectivity index (χ1v) is 17.2. The zero-order chi connectivity index (χ0) is 31.3. The summed E-state index contributed by atoms with van der Waals surface area (Å²) in [5, 5.41) is 0. The summed E-state index contributed by atoms with van der Waals surface area (Å²) in [7, 11) is 0. The molecule has 1 heterocycles. The quantitative estimate of drug-likeness (QED) is 0.248. The van der Waals surface area contributed by atoms with E-state index >= 15 is 0 Å². The zero-order valence-corrected chi connectivity index (χ0v) is 29.2. The molecule has 4 nitrogen and oxygen atoms in total. The van der Waals surface area contributed by atoms with Crippen LogP contribution >= 0.6 is 0 Å². The second-order valence-electron chi connectivity index (χ2n) is 15.7. The van der Waals surface area contributed by atoms with Gasteiger partial charge in [0.25, 0.3) is 0 Å². The van der Waals surface area contributed by atoms with E-state index in [0.717, 1.165) is 45.1 Å². The number of rotatable bonds is 0. The molecule has 0 bridgehead atoms. The maximum atomic E-state index is 6.93. The Hall–Kier alpha value is -2.87. The Kier molecular flexibility index (Phi) is 8.64. The molecule has 42 heavy (non-hydrogen) atoms. The van der Waals surface area contributed by atoms with Crippen LogP contribution in [-0.4, -0.2) is 27.2 Å². The third kappa shape index (κ3) is 7.19. The summed E-state index contributed by atoms with van der Waals surface area (Å²) in [5.41, 5.74) is 8.05. The largest absolute Gasteiger partial charge is 0.853 e. The van der Waals surface area contributed by atoms with E-state index in [0.29, 0.717) is 0 Å². The second kappa shape index (κ2) is 11.3. The summed E-state index contributed by atoms with van der Waals surface area (Å²) in [5.74, 6) is 3.84. The topological polar surface area (TPSA) is 43.2 Å². The molecule has 1 aliphatic rings. The lowest BCUT2D eigenvalue weighted by Gasteiger charge is -2.32. The number of nitrogens with zero attached hydrogens (tertiary/aromatic N) is 2. The van der Waals surface area contributed by atoms with Crippen LogP contribution in [0.4, 0.5) is 11.4 Å². The van der Waals surface area contributed by atoms with Crippen molar-refractivity contribution >= 4 is 38.6 Å². The Bertz CT molecular complexity index is 1410. The molecular weight excluding hydrogens is 531 g/mol. The predicted octanol–water partition coefficient (Wildman–Crippen LogP) is 10.3. The number of fused-ring (bicyclic) bond motifs is 3.